The van der Waals surface area contributed by atoms with Crippen LogP contribution in [-0.2, 0) is 4.79 Å². The average molecular weight is 221 g/mol. The summed E-state index contributed by atoms with van der Waals surface area (Å²) >= 11 is 0. The molecule has 1 aromatic rings. The molecular formula is C13H19NO2. The van der Waals surface area contributed by atoms with Gasteiger partial charge in [-0.2, -0.15) is 0 Å². The van der Waals surface area contributed by atoms with E-state index in [1.165, 1.54) is 6.92 Å². The summed E-state index contributed by atoms with van der Waals surface area (Å²) in [7, 11) is 0. The zero-order chi connectivity index (χ0) is 12.3. The second kappa shape index (κ2) is 4.66. The van der Waals surface area contributed by atoms with Crippen molar-refractivity contribution in [2.24, 2.45) is 11.1 Å². The Hall–Kier alpha value is -1.35. The van der Waals surface area contributed by atoms with Gasteiger partial charge in [0.2, 0.25) is 0 Å². The first-order valence-corrected chi connectivity index (χ1v) is 5.34. The van der Waals surface area contributed by atoms with E-state index in [2.05, 4.69) is 20.8 Å². The molecule has 2 N–H and O–H groups in total. The Balaban J connectivity index is 2.83. The molecule has 1 rings (SSSR count). The molecule has 0 saturated heterocycles. The summed E-state index contributed by atoms with van der Waals surface area (Å²) < 4.78 is 4.95. The summed E-state index contributed by atoms with van der Waals surface area (Å²) in [6.07, 6.45) is 0. The predicted molar refractivity (Wildman–Crippen MR) is 64.1 cm³/mol. The smallest absolute Gasteiger partial charge is 0.308 e. The summed E-state index contributed by atoms with van der Waals surface area (Å²) in [5.74, 6) is 0.241. The molecule has 0 aliphatic heterocycles. The fourth-order valence-corrected chi connectivity index (χ4v) is 1.41. The summed E-state index contributed by atoms with van der Waals surface area (Å²) in [4.78, 5) is 10.7. The maximum absolute atomic E-state index is 10.7. The minimum atomic E-state index is -0.312. The summed E-state index contributed by atoms with van der Waals surface area (Å²) in [6.45, 7) is 7.67. The lowest BCUT2D eigenvalue weighted by Gasteiger charge is -2.27. The first-order chi connectivity index (χ1) is 7.30. The highest BCUT2D eigenvalue weighted by Gasteiger charge is 2.21. The Morgan fingerprint density at radius 3 is 2.12 bits per heavy atom. The van der Waals surface area contributed by atoms with Crippen molar-refractivity contribution < 1.29 is 9.53 Å². The van der Waals surface area contributed by atoms with Gasteiger partial charge < -0.3 is 10.5 Å². The van der Waals surface area contributed by atoms with Gasteiger partial charge in [0.15, 0.2) is 0 Å². The van der Waals surface area contributed by atoms with Crippen molar-refractivity contribution in [3.8, 4) is 5.75 Å². The number of carbonyl (C=O) groups is 1. The lowest BCUT2D eigenvalue weighted by atomic mass is 9.83. The van der Waals surface area contributed by atoms with Crippen LogP contribution in [0.4, 0.5) is 0 Å². The Labute approximate surface area is 96.6 Å². The van der Waals surface area contributed by atoms with Crippen LogP contribution >= 0.6 is 0 Å². The first-order valence-electron chi connectivity index (χ1n) is 5.34. The van der Waals surface area contributed by atoms with E-state index < -0.39 is 0 Å². The molecule has 0 heterocycles. The Kier molecular flexibility index (Phi) is 3.70. The van der Waals surface area contributed by atoms with Crippen molar-refractivity contribution in [1.29, 1.82) is 0 Å². The molecule has 0 aromatic heterocycles. The summed E-state index contributed by atoms with van der Waals surface area (Å²) in [5.41, 5.74) is 7.18. The van der Waals surface area contributed by atoms with Crippen molar-refractivity contribution in [3.05, 3.63) is 29.8 Å². The summed E-state index contributed by atoms with van der Waals surface area (Å²) in [6, 6.07) is 7.30. The van der Waals surface area contributed by atoms with Crippen LogP contribution < -0.4 is 10.5 Å². The third-order valence-electron chi connectivity index (χ3n) is 2.43. The van der Waals surface area contributed by atoms with Crippen LogP contribution in [0.15, 0.2) is 24.3 Å². The highest BCUT2D eigenvalue weighted by atomic mass is 16.5. The average Bonchev–Trinajstić information content (AvgIpc) is 2.15. The standard InChI is InChI=1S/C13H19NO2/c1-9(15)16-11-7-5-10(6-8-11)12(14)13(2,3)4/h5-8,12H,14H2,1-4H3/t12-/m1/s1. The number of hydrogen-bond acceptors (Lipinski definition) is 3. The number of hydrogen-bond donors (Lipinski definition) is 1. The van der Waals surface area contributed by atoms with E-state index in [1.54, 1.807) is 12.1 Å². The lowest BCUT2D eigenvalue weighted by molar-refractivity contribution is -0.131. The zero-order valence-electron chi connectivity index (χ0n) is 10.3. The van der Waals surface area contributed by atoms with Gasteiger partial charge in [0.05, 0.1) is 0 Å². The maximum Gasteiger partial charge on any atom is 0.308 e. The van der Waals surface area contributed by atoms with Gasteiger partial charge in [-0.05, 0) is 23.1 Å². The molecule has 3 nitrogen and oxygen atoms in total. The monoisotopic (exact) mass is 221 g/mol. The molecule has 0 saturated carbocycles. The van der Waals surface area contributed by atoms with Crippen LogP contribution in [0.1, 0.15) is 39.3 Å². The van der Waals surface area contributed by atoms with Gasteiger partial charge in [0.1, 0.15) is 5.75 Å². The lowest BCUT2D eigenvalue weighted by Crippen LogP contribution is -2.26. The van der Waals surface area contributed by atoms with E-state index in [-0.39, 0.29) is 17.4 Å². The van der Waals surface area contributed by atoms with Crippen molar-refractivity contribution in [1.82, 2.24) is 0 Å². The molecule has 0 spiro atoms. The molecule has 0 fully saturated rings. The number of rotatable bonds is 2. The zero-order valence-corrected chi connectivity index (χ0v) is 10.3. The molecule has 0 bridgehead atoms. The van der Waals surface area contributed by atoms with Gasteiger partial charge in [0.25, 0.3) is 0 Å². The van der Waals surface area contributed by atoms with Crippen LogP contribution in [-0.4, -0.2) is 5.97 Å². The third-order valence-corrected chi connectivity index (χ3v) is 2.43. The van der Waals surface area contributed by atoms with Gasteiger partial charge in [-0.15, -0.1) is 0 Å². The topological polar surface area (TPSA) is 52.3 Å². The fourth-order valence-electron chi connectivity index (χ4n) is 1.41. The Morgan fingerprint density at radius 1 is 1.25 bits per heavy atom. The van der Waals surface area contributed by atoms with Crippen LogP contribution in [0.25, 0.3) is 0 Å². The molecule has 0 aliphatic rings. The SMILES string of the molecule is CC(=O)Oc1ccc([C@@H](N)C(C)(C)C)cc1. The van der Waals surface area contributed by atoms with E-state index in [1.807, 2.05) is 12.1 Å². The third kappa shape index (κ3) is 3.35. The quantitative estimate of drug-likeness (QED) is 0.617. The first kappa shape index (κ1) is 12.7. The minimum absolute atomic E-state index is 0.0168. The molecule has 16 heavy (non-hydrogen) atoms. The predicted octanol–water partition coefficient (Wildman–Crippen LogP) is 2.66. The van der Waals surface area contributed by atoms with E-state index >= 15 is 0 Å². The van der Waals surface area contributed by atoms with E-state index in [0.29, 0.717) is 5.75 Å². The van der Waals surface area contributed by atoms with E-state index in [0.717, 1.165) is 5.56 Å². The van der Waals surface area contributed by atoms with Crippen LogP contribution in [0.5, 0.6) is 5.75 Å². The Morgan fingerprint density at radius 2 is 1.75 bits per heavy atom. The van der Waals surface area contributed by atoms with E-state index in [9.17, 15) is 4.79 Å². The van der Waals surface area contributed by atoms with E-state index in [4.69, 9.17) is 10.5 Å². The fraction of sp³-hybridized carbons (Fsp3) is 0.462. The molecule has 0 radical (unpaired) electrons. The minimum Gasteiger partial charge on any atom is -0.427 e. The van der Waals surface area contributed by atoms with Crippen molar-refractivity contribution in [3.63, 3.8) is 0 Å². The van der Waals surface area contributed by atoms with Crippen molar-refractivity contribution >= 4 is 5.97 Å². The molecule has 88 valence electrons. The molecular weight excluding hydrogens is 202 g/mol. The van der Waals surface area contributed by atoms with Crippen LogP contribution in [0.2, 0.25) is 0 Å². The second-order valence-corrected chi connectivity index (χ2v) is 5.01. The molecule has 0 amide bonds. The second-order valence-electron chi connectivity index (χ2n) is 5.01. The normalized spacial score (nSPS) is 13.3. The van der Waals surface area contributed by atoms with Crippen molar-refractivity contribution in [2.75, 3.05) is 0 Å². The number of benzene rings is 1. The van der Waals surface area contributed by atoms with Crippen molar-refractivity contribution in [2.45, 2.75) is 33.7 Å². The molecule has 1 aromatic carbocycles. The molecule has 0 aliphatic carbocycles. The highest BCUT2D eigenvalue weighted by Crippen LogP contribution is 2.31. The number of carbonyl (C=O) groups excluding carboxylic acids is 1. The van der Waals surface area contributed by atoms with Gasteiger partial charge >= 0.3 is 5.97 Å². The number of ether oxygens (including phenoxy) is 1. The number of esters is 1. The van der Waals surface area contributed by atoms with Crippen LogP contribution in [0, 0.1) is 5.41 Å². The molecule has 3 heteroatoms. The largest absolute Gasteiger partial charge is 0.427 e. The molecule has 0 unspecified atom stereocenters. The summed E-state index contributed by atoms with van der Waals surface area (Å²) in [5, 5.41) is 0. The van der Waals surface area contributed by atoms with Crippen LogP contribution in [0.3, 0.4) is 0 Å². The molecule has 1 atom stereocenters. The maximum atomic E-state index is 10.7. The highest BCUT2D eigenvalue weighted by molar-refractivity contribution is 5.69. The Bertz CT molecular complexity index is 363. The van der Waals surface area contributed by atoms with Gasteiger partial charge in [0, 0.05) is 13.0 Å². The van der Waals surface area contributed by atoms with Gasteiger partial charge in [-0.25, -0.2) is 0 Å². The van der Waals surface area contributed by atoms with Gasteiger partial charge in [-0.3, -0.25) is 4.79 Å². The number of nitrogens with two attached hydrogens (primary N) is 1. The van der Waals surface area contributed by atoms with Gasteiger partial charge in [-0.1, -0.05) is 32.9 Å².